The zero-order valence-corrected chi connectivity index (χ0v) is 20.3. The Morgan fingerprint density at radius 3 is 2.75 bits per heavy atom. The molecule has 0 spiro atoms. The molecule has 1 aliphatic heterocycles. The Morgan fingerprint density at radius 1 is 1.36 bits per heavy atom. The number of carbonyl (C=O) groups excluding carboxylic acids is 3. The van der Waals surface area contributed by atoms with E-state index >= 15 is 4.39 Å². The van der Waals surface area contributed by atoms with Gasteiger partial charge in [-0.05, 0) is 25.1 Å². The smallest absolute Gasteiger partial charge is 0.414 e. The number of anilines is 3. The summed E-state index contributed by atoms with van der Waals surface area (Å²) in [5.74, 6) is -2.08. The number of cyclic esters (lactones) is 1. The van der Waals surface area contributed by atoms with Crippen LogP contribution in [0.1, 0.15) is 6.92 Å². The molecule has 4 amide bonds. The number of hydrogen-bond acceptors (Lipinski definition) is 8. The van der Waals surface area contributed by atoms with E-state index in [0.717, 1.165) is 16.0 Å². The molecule has 11 nitrogen and oxygen atoms in total. The summed E-state index contributed by atoms with van der Waals surface area (Å²) < 4.78 is 44.8. The number of carbonyl (C=O) groups is 3. The number of hydroxylamine groups is 2. The number of ether oxygens (including phenoxy) is 1. The van der Waals surface area contributed by atoms with Crippen molar-refractivity contribution in [3.63, 3.8) is 0 Å². The Kier molecular flexibility index (Phi) is 9.30. The van der Waals surface area contributed by atoms with Gasteiger partial charge in [0.15, 0.2) is 5.13 Å². The molecule has 1 fully saturated rings. The Bertz CT molecular complexity index is 1060. The molecule has 0 saturated carbocycles. The fourth-order valence-electron chi connectivity index (χ4n) is 3.43. The molecule has 0 unspecified atom stereocenters. The van der Waals surface area contributed by atoms with E-state index in [-0.39, 0.29) is 37.6 Å². The summed E-state index contributed by atoms with van der Waals surface area (Å²) >= 11 is 1.25. The van der Waals surface area contributed by atoms with Crippen molar-refractivity contribution in [3.8, 4) is 0 Å². The number of aromatic nitrogens is 1. The Morgan fingerprint density at radius 2 is 2.14 bits per heavy atom. The zero-order chi connectivity index (χ0) is 26.2. The first-order valence-electron chi connectivity index (χ1n) is 10.8. The second-order valence-corrected chi connectivity index (χ2v) is 8.32. The number of nitrogens with zero attached hydrogens (tertiary/aromatic N) is 4. The molecular formula is C21H25F3N6O5S. The van der Waals surface area contributed by atoms with E-state index in [1.165, 1.54) is 30.6 Å². The molecule has 0 radical (unpaired) electrons. The Balaban J connectivity index is 1.60. The average Bonchev–Trinajstić information content (AvgIpc) is 3.50. The zero-order valence-electron chi connectivity index (χ0n) is 19.4. The molecule has 1 atom stereocenters. The summed E-state index contributed by atoms with van der Waals surface area (Å²) in [6.07, 6.45) is -3.27. The maximum Gasteiger partial charge on any atom is 0.414 e. The lowest BCUT2D eigenvalue weighted by Gasteiger charge is -2.27. The molecule has 36 heavy (non-hydrogen) atoms. The van der Waals surface area contributed by atoms with Crippen LogP contribution in [0.15, 0.2) is 29.8 Å². The molecule has 196 valence electrons. The number of thiazole rings is 1. The lowest BCUT2D eigenvalue weighted by atomic mass is 10.2. The van der Waals surface area contributed by atoms with Crippen LogP contribution in [0.3, 0.4) is 0 Å². The third-order valence-electron chi connectivity index (χ3n) is 5.21. The van der Waals surface area contributed by atoms with Crippen molar-refractivity contribution >= 4 is 45.9 Å². The number of benzene rings is 1. The van der Waals surface area contributed by atoms with Crippen molar-refractivity contribution < 1.29 is 37.1 Å². The van der Waals surface area contributed by atoms with Gasteiger partial charge in [0.2, 0.25) is 0 Å². The Hall–Kier alpha value is -3.59. The molecule has 2 heterocycles. The summed E-state index contributed by atoms with van der Waals surface area (Å²) in [4.78, 5) is 47.5. The van der Waals surface area contributed by atoms with E-state index in [1.807, 2.05) is 12.2 Å². The molecule has 0 bridgehead atoms. The van der Waals surface area contributed by atoms with Crippen LogP contribution >= 0.6 is 11.3 Å². The number of urea groups is 1. The standard InChI is InChI=1S/C21H25F3N6O5S/c1-3-28(7-8-30(34-2)20(32)27-19-25-6-9-36-19)16-5-4-13(10-15(16)22)29-12-14(35-21(29)33)11-26-18(31)17(23)24/h4-6,9-10,14,17H,3,7-8,11-12H2,1-2H3,(H,26,31)(H,25,27,32)/t14-/m0/s1. The second-order valence-electron chi connectivity index (χ2n) is 7.43. The van der Waals surface area contributed by atoms with Crippen LogP contribution in [0.2, 0.25) is 0 Å². The van der Waals surface area contributed by atoms with Crippen molar-refractivity contribution in [1.29, 1.82) is 0 Å². The lowest BCUT2D eigenvalue weighted by Crippen LogP contribution is -2.40. The second kappa shape index (κ2) is 12.4. The number of rotatable bonds is 11. The molecule has 1 aromatic heterocycles. The van der Waals surface area contributed by atoms with E-state index in [9.17, 15) is 23.2 Å². The SMILES string of the molecule is CCN(CCN(OC)C(=O)Nc1nccs1)c1ccc(N2C[C@H](CNC(=O)C(F)F)OC2=O)cc1F. The molecule has 3 rings (SSSR count). The number of amides is 4. The fourth-order valence-corrected chi connectivity index (χ4v) is 3.94. The lowest BCUT2D eigenvalue weighted by molar-refractivity contribution is -0.132. The van der Waals surface area contributed by atoms with E-state index in [0.29, 0.717) is 11.7 Å². The quantitative estimate of drug-likeness (QED) is 0.429. The van der Waals surface area contributed by atoms with Gasteiger partial charge in [0.1, 0.15) is 11.9 Å². The van der Waals surface area contributed by atoms with Gasteiger partial charge in [0, 0.05) is 24.7 Å². The van der Waals surface area contributed by atoms with Crippen molar-refractivity contribution in [2.24, 2.45) is 0 Å². The monoisotopic (exact) mass is 530 g/mol. The molecular weight excluding hydrogens is 505 g/mol. The van der Waals surface area contributed by atoms with Gasteiger partial charge < -0.3 is 15.0 Å². The van der Waals surface area contributed by atoms with E-state index in [4.69, 9.17) is 9.57 Å². The van der Waals surface area contributed by atoms with E-state index in [2.05, 4.69) is 10.3 Å². The predicted octanol–water partition coefficient (Wildman–Crippen LogP) is 2.91. The van der Waals surface area contributed by atoms with Gasteiger partial charge >= 0.3 is 18.5 Å². The van der Waals surface area contributed by atoms with Gasteiger partial charge in [-0.2, -0.15) is 8.78 Å². The van der Waals surface area contributed by atoms with Gasteiger partial charge in [0.05, 0.1) is 38.1 Å². The highest BCUT2D eigenvalue weighted by Crippen LogP contribution is 2.28. The molecule has 2 N–H and O–H groups in total. The third kappa shape index (κ3) is 6.75. The number of halogens is 3. The first-order valence-corrected chi connectivity index (χ1v) is 11.7. The number of hydrogen-bond donors (Lipinski definition) is 2. The van der Waals surface area contributed by atoms with Crippen LogP contribution in [0, 0.1) is 5.82 Å². The third-order valence-corrected chi connectivity index (χ3v) is 5.90. The van der Waals surface area contributed by atoms with Crippen molar-refractivity contribution in [1.82, 2.24) is 15.4 Å². The topological polar surface area (TPSA) is 116 Å². The van der Waals surface area contributed by atoms with Crippen LogP contribution in [-0.2, 0) is 14.4 Å². The van der Waals surface area contributed by atoms with Gasteiger partial charge in [-0.15, -0.1) is 11.3 Å². The highest BCUT2D eigenvalue weighted by atomic mass is 32.1. The average molecular weight is 531 g/mol. The number of nitrogens with one attached hydrogen (secondary N) is 2. The van der Waals surface area contributed by atoms with Crippen molar-refractivity contribution in [2.75, 3.05) is 55.0 Å². The number of likely N-dealkylation sites (N-methyl/N-ethyl adjacent to an activating group) is 1. The maximum absolute atomic E-state index is 15.0. The van der Waals surface area contributed by atoms with Crippen molar-refractivity contribution in [2.45, 2.75) is 19.5 Å². The van der Waals surface area contributed by atoms with Crippen LogP contribution in [0.4, 0.5) is 39.3 Å². The molecule has 1 saturated heterocycles. The van der Waals surface area contributed by atoms with Gasteiger partial charge in [0.25, 0.3) is 5.91 Å². The molecule has 2 aromatic rings. The first kappa shape index (κ1) is 27.0. The molecule has 15 heteroatoms. The highest BCUT2D eigenvalue weighted by Gasteiger charge is 2.33. The normalized spacial score (nSPS) is 15.1. The number of alkyl halides is 2. The van der Waals surface area contributed by atoms with E-state index < -0.39 is 36.4 Å². The summed E-state index contributed by atoms with van der Waals surface area (Å²) in [7, 11) is 1.34. The maximum atomic E-state index is 15.0. The summed E-state index contributed by atoms with van der Waals surface area (Å²) in [5.41, 5.74) is 0.451. The van der Waals surface area contributed by atoms with Crippen LogP contribution in [0.5, 0.6) is 0 Å². The largest absolute Gasteiger partial charge is 0.442 e. The predicted molar refractivity (Wildman–Crippen MR) is 126 cm³/mol. The highest BCUT2D eigenvalue weighted by molar-refractivity contribution is 7.13. The minimum absolute atomic E-state index is 0.0460. The van der Waals surface area contributed by atoms with Gasteiger partial charge in [-0.25, -0.2) is 24.0 Å². The van der Waals surface area contributed by atoms with Gasteiger partial charge in [-0.3, -0.25) is 19.8 Å². The first-order chi connectivity index (χ1) is 17.2. The molecule has 0 aliphatic carbocycles. The Labute approximate surface area is 208 Å². The summed E-state index contributed by atoms with van der Waals surface area (Å²) in [6, 6.07) is 3.64. The minimum atomic E-state index is -3.18. The van der Waals surface area contributed by atoms with Crippen LogP contribution in [0.25, 0.3) is 0 Å². The summed E-state index contributed by atoms with van der Waals surface area (Å²) in [5, 5.41) is 7.80. The molecule has 1 aliphatic rings. The summed E-state index contributed by atoms with van der Waals surface area (Å²) in [6.45, 7) is 2.25. The minimum Gasteiger partial charge on any atom is -0.442 e. The van der Waals surface area contributed by atoms with Gasteiger partial charge in [-0.1, -0.05) is 0 Å². The van der Waals surface area contributed by atoms with Crippen molar-refractivity contribution in [3.05, 3.63) is 35.6 Å². The van der Waals surface area contributed by atoms with Crippen LogP contribution in [-0.4, -0.2) is 80.4 Å². The van der Waals surface area contributed by atoms with Crippen LogP contribution < -0.4 is 20.4 Å². The molecule has 1 aromatic carbocycles. The fraction of sp³-hybridized carbons (Fsp3) is 0.429. The van der Waals surface area contributed by atoms with E-state index in [1.54, 1.807) is 16.5 Å².